The number of benzene rings is 1. The van der Waals surface area contributed by atoms with Crippen molar-refractivity contribution in [1.82, 2.24) is 9.80 Å². The lowest BCUT2D eigenvalue weighted by atomic mass is 10.0. The van der Waals surface area contributed by atoms with Crippen LogP contribution < -0.4 is 0 Å². The Morgan fingerprint density at radius 3 is 1.83 bits per heavy atom. The van der Waals surface area contributed by atoms with Gasteiger partial charge in [0.25, 0.3) is 0 Å². The molecule has 1 aliphatic heterocycles. The highest BCUT2D eigenvalue weighted by atomic mass is 16.2. The second-order valence-electron chi connectivity index (χ2n) is 7.43. The number of piperazine rings is 1. The summed E-state index contributed by atoms with van der Waals surface area (Å²) in [5.41, 5.74) is 2.35. The molecular weight excluding hydrogens is 300 g/mol. The Bertz CT molecular complexity index is 556. The van der Waals surface area contributed by atoms with Gasteiger partial charge in [0.05, 0.1) is 6.42 Å². The van der Waals surface area contributed by atoms with E-state index in [9.17, 15) is 9.59 Å². The van der Waals surface area contributed by atoms with Crippen LogP contribution in [0.5, 0.6) is 0 Å². The van der Waals surface area contributed by atoms with E-state index >= 15 is 0 Å². The summed E-state index contributed by atoms with van der Waals surface area (Å²) in [6.07, 6.45) is 1.04. The summed E-state index contributed by atoms with van der Waals surface area (Å²) >= 11 is 0. The molecule has 1 fully saturated rings. The lowest BCUT2D eigenvalue weighted by Crippen LogP contribution is -2.51. The molecule has 0 atom stereocenters. The monoisotopic (exact) mass is 330 g/mol. The van der Waals surface area contributed by atoms with E-state index in [-0.39, 0.29) is 11.8 Å². The number of rotatable bonds is 5. The normalized spacial score (nSPS) is 15.2. The fourth-order valence-corrected chi connectivity index (χ4v) is 2.99. The third-order valence-corrected chi connectivity index (χ3v) is 4.57. The Balaban J connectivity index is 1.83. The predicted molar refractivity (Wildman–Crippen MR) is 96.9 cm³/mol. The van der Waals surface area contributed by atoms with Crippen molar-refractivity contribution in [2.24, 2.45) is 5.92 Å². The van der Waals surface area contributed by atoms with Crippen LogP contribution in [0.25, 0.3) is 0 Å². The molecule has 4 nitrogen and oxygen atoms in total. The van der Waals surface area contributed by atoms with E-state index in [4.69, 9.17) is 0 Å². The summed E-state index contributed by atoms with van der Waals surface area (Å²) in [6.45, 7) is 11.1. The maximum atomic E-state index is 12.5. The highest BCUT2D eigenvalue weighted by molar-refractivity contribution is 5.80. The largest absolute Gasteiger partial charge is 0.339 e. The first-order valence-corrected chi connectivity index (χ1v) is 9.01. The van der Waals surface area contributed by atoms with Crippen LogP contribution in [0.1, 0.15) is 51.2 Å². The molecule has 0 radical (unpaired) electrons. The molecule has 2 amide bonds. The van der Waals surface area contributed by atoms with Crippen LogP contribution in [0.3, 0.4) is 0 Å². The van der Waals surface area contributed by atoms with Crippen molar-refractivity contribution in [3.63, 3.8) is 0 Å². The summed E-state index contributed by atoms with van der Waals surface area (Å²) in [5, 5.41) is 0. The van der Waals surface area contributed by atoms with Crippen molar-refractivity contribution in [3.8, 4) is 0 Å². The standard InChI is InChI=1S/C20H30N2O2/c1-15(2)13-19(23)21-9-11-22(12-10-21)20(24)14-17-5-7-18(8-6-17)16(3)4/h5-8,15-16H,9-14H2,1-4H3. The van der Waals surface area contributed by atoms with Gasteiger partial charge in [-0.2, -0.15) is 0 Å². The molecule has 0 N–H and O–H groups in total. The van der Waals surface area contributed by atoms with Gasteiger partial charge in [-0.3, -0.25) is 9.59 Å². The highest BCUT2D eigenvalue weighted by Crippen LogP contribution is 2.16. The minimum atomic E-state index is 0.156. The molecule has 132 valence electrons. The molecule has 1 aliphatic rings. The van der Waals surface area contributed by atoms with Gasteiger partial charge >= 0.3 is 0 Å². The van der Waals surface area contributed by atoms with Gasteiger partial charge < -0.3 is 9.80 Å². The number of carbonyl (C=O) groups excluding carboxylic acids is 2. The Morgan fingerprint density at radius 1 is 0.875 bits per heavy atom. The SMILES string of the molecule is CC(C)CC(=O)N1CCN(C(=O)Cc2ccc(C(C)C)cc2)CC1. The van der Waals surface area contributed by atoms with Gasteiger partial charge in [-0.05, 0) is 23.0 Å². The smallest absolute Gasteiger partial charge is 0.227 e. The molecule has 1 heterocycles. The first kappa shape index (κ1) is 18.5. The average molecular weight is 330 g/mol. The van der Waals surface area contributed by atoms with Gasteiger partial charge in [0.1, 0.15) is 0 Å². The fourth-order valence-electron chi connectivity index (χ4n) is 2.99. The zero-order valence-electron chi connectivity index (χ0n) is 15.4. The van der Waals surface area contributed by atoms with Crippen molar-refractivity contribution in [3.05, 3.63) is 35.4 Å². The van der Waals surface area contributed by atoms with Crippen LogP contribution in [-0.2, 0) is 16.0 Å². The van der Waals surface area contributed by atoms with E-state index in [1.165, 1.54) is 5.56 Å². The lowest BCUT2D eigenvalue weighted by Gasteiger charge is -2.35. The Hall–Kier alpha value is -1.84. The maximum Gasteiger partial charge on any atom is 0.227 e. The van der Waals surface area contributed by atoms with Gasteiger partial charge in [-0.15, -0.1) is 0 Å². The summed E-state index contributed by atoms with van der Waals surface area (Å²) in [7, 11) is 0. The minimum absolute atomic E-state index is 0.156. The Labute approximate surface area is 145 Å². The summed E-state index contributed by atoms with van der Waals surface area (Å²) < 4.78 is 0. The number of hydrogen-bond donors (Lipinski definition) is 0. The van der Waals surface area contributed by atoms with Crippen molar-refractivity contribution in [2.45, 2.75) is 46.5 Å². The molecule has 4 heteroatoms. The molecule has 2 rings (SSSR count). The maximum absolute atomic E-state index is 12.5. The zero-order valence-corrected chi connectivity index (χ0v) is 15.4. The predicted octanol–water partition coefficient (Wildman–Crippen LogP) is 3.07. The van der Waals surface area contributed by atoms with E-state index in [1.807, 2.05) is 9.80 Å². The average Bonchev–Trinajstić information content (AvgIpc) is 2.54. The zero-order chi connectivity index (χ0) is 17.7. The Kier molecular flexibility index (Phi) is 6.41. The topological polar surface area (TPSA) is 40.6 Å². The van der Waals surface area contributed by atoms with Crippen LogP contribution >= 0.6 is 0 Å². The first-order chi connectivity index (χ1) is 11.4. The quantitative estimate of drug-likeness (QED) is 0.832. The summed E-state index contributed by atoms with van der Waals surface area (Å²) in [5.74, 6) is 1.25. The van der Waals surface area contributed by atoms with Gasteiger partial charge in [-0.1, -0.05) is 52.0 Å². The number of hydrogen-bond acceptors (Lipinski definition) is 2. The molecule has 0 bridgehead atoms. The van der Waals surface area contributed by atoms with Crippen molar-refractivity contribution in [2.75, 3.05) is 26.2 Å². The van der Waals surface area contributed by atoms with E-state index in [1.54, 1.807) is 0 Å². The van der Waals surface area contributed by atoms with E-state index in [0.29, 0.717) is 50.9 Å². The van der Waals surface area contributed by atoms with E-state index < -0.39 is 0 Å². The number of carbonyl (C=O) groups is 2. The molecule has 0 spiro atoms. The van der Waals surface area contributed by atoms with E-state index in [0.717, 1.165) is 5.56 Å². The van der Waals surface area contributed by atoms with Gasteiger partial charge in [0.2, 0.25) is 11.8 Å². The molecule has 24 heavy (non-hydrogen) atoms. The van der Waals surface area contributed by atoms with Crippen molar-refractivity contribution >= 4 is 11.8 Å². The van der Waals surface area contributed by atoms with Gasteiger partial charge in [0.15, 0.2) is 0 Å². The molecule has 0 aromatic heterocycles. The number of nitrogens with zero attached hydrogens (tertiary/aromatic N) is 2. The number of amides is 2. The highest BCUT2D eigenvalue weighted by Gasteiger charge is 2.24. The molecule has 0 aliphatic carbocycles. The van der Waals surface area contributed by atoms with E-state index in [2.05, 4.69) is 52.0 Å². The van der Waals surface area contributed by atoms with Crippen molar-refractivity contribution < 1.29 is 9.59 Å². The molecule has 1 aromatic rings. The first-order valence-electron chi connectivity index (χ1n) is 9.01. The minimum Gasteiger partial charge on any atom is -0.339 e. The summed E-state index contributed by atoms with van der Waals surface area (Å²) in [6, 6.07) is 8.32. The Morgan fingerprint density at radius 2 is 1.38 bits per heavy atom. The van der Waals surface area contributed by atoms with Crippen LogP contribution in [0.15, 0.2) is 24.3 Å². The van der Waals surface area contributed by atoms with Crippen molar-refractivity contribution in [1.29, 1.82) is 0 Å². The lowest BCUT2D eigenvalue weighted by molar-refractivity contribution is -0.139. The van der Waals surface area contributed by atoms with Gasteiger partial charge in [0, 0.05) is 32.6 Å². The third-order valence-electron chi connectivity index (χ3n) is 4.57. The van der Waals surface area contributed by atoms with Gasteiger partial charge in [-0.25, -0.2) is 0 Å². The van der Waals surface area contributed by atoms with Crippen LogP contribution in [0, 0.1) is 5.92 Å². The van der Waals surface area contributed by atoms with Crippen LogP contribution in [-0.4, -0.2) is 47.8 Å². The second-order valence-corrected chi connectivity index (χ2v) is 7.43. The molecular formula is C20H30N2O2. The molecule has 0 unspecified atom stereocenters. The molecule has 1 saturated heterocycles. The third kappa shape index (κ3) is 5.08. The second kappa shape index (κ2) is 8.32. The molecule has 1 aromatic carbocycles. The fraction of sp³-hybridized carbons (Fsp3) is 0.600. The van der Waals surface area contributed by atoms with Crippen LogP contribution in [0.4, 0.5) is 0 Å². The molecule has 0 saturated carbocycles. The van der Waals surface area contributed by atoms with Crippen LogP contribution in [0.2, 0.25) is 0 Å². The summed E-state index contributed by atoms with van der Waals surface area (Å²) in [4.78, 5) is 28.3.